The normalized spacial score (nSPS) is 16.5. The van der Waals surface area contributed by atoms with Crippen molar-refractivity contribution in [1.82, 2.24) is 0 Å². The third-order valence-electron chi connectivity index (χ3n) is 4.24. The van der Waals surface area contributed by atoms with Crippen LogP contribution in [0.2, 0.25) is 0 Å². The number of ether oxygens (including phenoxy) is 1. The first kappa shape index (κ1) is 18.3. The maximum atomic E-state index is 12.7. The zero-order chi connectivity index (χ0) is 18.7. The van der Waals surface area contributed by atoms with Crippen molar-refractivity contribution >= 4 is 29.3 Å². The largest absolute Gasteiger partial charge is 0.507 e. The van der Waals surface area contributed by atoms with Crippen molar-refractivity contribution in [2.45, 2.75) is 30.4 Å². The molecule has 2 aromatic carbocycles. The van der Waals surface area contributed by atoms with Crippen LogP contribution in [0.25, 0.3) is 0 Å². The zero-order valence-corrected chi connectivity index (χ0v) is 15.6. The number of amides is 1. The van der Waals surface area contributed by atoms with Crippen LogP contribution in [0.1, 0.15) is 29.3 Å². The van der Waals surface area contributed by atoms with Crippen LogP contribution in [0.3, 0.4) is 0 Å². The minimum atomic E-state index is -0.707. The number of phenolic OH excluding ortho intramolecular Hbond substituents is 1. The maximum absolute atomic E-state index is 12.7. The van der Waals surface area contributed by atoms with E-state index in [1.165, 1.54) is 12.1 Å². The average Bonchev–Trinajstić information content (AvgIpc) is 2.77. The number of aromatic hydroxyl groups is 1. The Morgan fingerprint density at radius 3 is 2.81 bits per heavy atom. The molecule has 6 heteroatoms. The van der Waals surface area contributed by atoms with Crippen LogP contribution in [0.4, 0.5) is 5.69 Å². The van der Waals surface area contributed by atoms with Gasteiger partial charge in [0.25, 0.3) is 5.91 Å². The van der Waals surface area contributed by atoms with E-state index in [-0.39, 0.29) is 23.8 Å². The van der Waals surface area contributed by atoms with Gasteiger partial charge in [-0.05, 0) is 43.2 Å². The standard InChI is InChI=1S/C20H21NO4S/c1-13-7-8-15(17(22)11-13)20(24)25-12-19(23)21-10-9-14(2)26-18-6-4-3-5-16(18)21/h3-8,11,14,22H,9-10,12H2,1-2H3/t14-/m1/s1. The van der Waals surface area contributed by atoms with Crippen molar-refractivity contribution in [2.24, 2.45) is 0 Å². The van der Waals surface area contributed by atoms with Crippen LogP contribution in [-0.2, 0) is 9.53 Å². The molecule has 1 N–H and O–H groups in total. The summed E-state index contributed by atoms with van der Waals surface area (Å²) in [6.07, 6.45) is 0.859. The summed E-state index contributed by atoms with van der Waals surface area (Å²) in [6, 6.07) is 12.4. The van der Waals surface area contributed by atoms with Crippen molar-refractivity contribution in [3.63, 3.8) is 0 Å². The van der Waals surface area contributed by atoms with Crippen molar-refractivity contribution < 1.29 is 19.4 Å². The third kappa shape index (κ3) is 4.02. The van der Waals surface area contributed by atoms with E-state index in [0.29, 0.717) is 11.8 Å². The number of hydrogen-bond acceptors (Lipinski definition) is 5. The minimum Gasteiger partial charge on any atom is -0.507 e. The Kier molecular flexibility index (Phi) is 5.52. The van der Waals surface area contributed by atoms with Gasteiger partial charge in [-0.3, -0.25) is 4.79 Å². The number of rotatable bonds is 3. The lowest BCUT2D eigenvalue weighted by Crippen LogP contribution is -2.35. The molecule has 0 spiro atoms. The molecule has 26 heavy (non-hydrogen) atoms. The molecule has 0 radical (unpaired) electrons. The van der Waals surface area contributed by atoms with Gasteiger partial charge in [0.05, 0.1) is 5.69 Å². The lowest BCUT2D eigenvalue weighted by Gasteiger charge is -2.22. The lowest BCUT2D eigenvalue weighted by molar-refractivity contribution is -0.121. The van der Waals surface area contributed by atoms with Crippen LogP contribution in [0.15, 0.2) is 47.4 Å². The van der Waals surface area contributed by atoms with E-state index in [0.717, 1.165) is 22.6 Å². The monoisotopic (exact) mass is 371 g/mol. The molecule has 0 saturated carbocycles. The highest BCUT2D eigenvalue weighted by atomic mass is 32.2. The lowest BCUT2D eigenvalue weighted by atomic mass is 10.1. The van der Waals surface area contributed by atoms with Crippen molar-refractivity contribution in [2.75, 3.05) is 18.1 Å². The molecule has 1 amide bonds. The second-order valence-corrected chi connectivity index (χ2v) is 7.81. The quantitative estimate of drug-likeness (QED) is 0.832. The summed E-state index contributed by atoms with van der Waals surface area (Å²) in [4.78, 5) is 27.6. The molecule has 0 aliphatic carbocycles. The van der Waals surface area contributed by atoms with Gasteiger partial charge in [0, 0.05) is 16.7 Å². The minimum absolute atomic E-state index is 0.0591. The first-order chi connectivity index (χ1) is 12.5. The molecule has 1 aliphatic heterocycles. The van der Waals surface area contributed by atoms with E-state index < -0.39 is 5.97 Å². The van der Waals surface area contributed by atoms with Crippen LogP contribution >= 0.6 is 11.8 Å². The van der Waals surface area contributed by atoms with Gasteiger partial charge in [-0.15, -0.1) is 11.8 Å². The summed E-state index contributed by atoms with van der Waals surface area (Å²) in [5.74, 6) is -1.12. The summed E-state index contributed by atoms with van der Waals surface area (Å²) in [6.45, 7) is 4.17. The number of carbonyl (C=O) groups is 2. The number of nitrogens with zero attached hydrogens (tertiary/aromatic N) is 1. The Morgan fingerprint density at radius 1 is 1.27 bits per heavy atom. The Labute approximate surface area is 157 Å². The second-order valence-electron chi connectivity index (χ2n) is 6.33. The van der Waals surface area contributed by atoms with Gasteiger partial charge in [-0.25, -0.2) is 4.79 Å². The van der Waals surface area contributed by atoms with Crippen LogP contribution in [0, 0.1) is 6.92 Å². The van der Waals surface area contributed by atoms with Crippen LogP contribution < -0.4 is 4.90 Å². The number of hydrogen-bond donors (Lipinski definition) is 1. The number of phenols is 1. The Morgan fingerprint density at radius 2 is 2.04 bits per heavy atom. The second kappa shape index (κ2) is 7.83. The Balaban J connectivity index is 1.71. The summed E-state index contributed by atoms with van der Waals surface area (Å²) in [5.41, 5.74) is 1.74. The first-order valence-electron chi connectivity index (χ1n) is 8.48. The summed E-state index contributed by atoms with van der Waals surface area (Å²) in [7, 11) is 0. The van der Waals surface area contributed by atoms with E-state index in [2.05, 4.69) is 6.92 Å². The molecular formula is C20H21NO4S. The highest BCUT2D eigenvalue weighted by Crippen LogP contribution is 2.37. The Bertz CT molecular complexity index is 836. The predicted octanol–water partition coefficient (Wildman–Crippen LogP) is 3.77. The van der Waals surface area contributed by atoms with E-state index in [9.17, 15) is 14.7 Å². The van der Waals surface area contributed by atoms with Gasteiger partial charge in [0.1, 0.15) is 11.3 Å². The molecule has 1 atom stereocenters. The number of carbonyl (C=O) groups excluding carboxylic acids is 2. The van der Waals surface area contributed by atoms with Gasteiger partial charge in [-0.1, -0.05) is 25.1 Å². The number of aryl methyl sites for hydroxylation is 1. The fourth-order valence-electron chi connectivity index (χ4n) is 2.84. The van der Waals surface area contributed by atoms with Crippen molar-refractivity contribution in [1.29, 1.82) is 0 Å². The number of esters is 1. The molecule has 0 aromatic heterocycles. The van der Waals surface area contributed by atoms with Gasteiger partial charge in [0.2, 0.25) is 0 Å². The third-order valence-corrected chi connectivity index (χ3v) is 5.48. The van der Waals surface area contributed by atoms with Crippen LogP contribution in [0.5, 0.6) is 5.75 Å². The van der Waals surface area contributed by atoms with Gasteiger partial charge < -0.3 is 14.7 Å². The molecule has 0 fully saturated rings. The van der Waals surface area contributed by atoms with Gasteiger partial charge >= 0.3 is 5.97 Å². The predicted molar refractivity (Wildman–Crippen MR) is 102 cm³/mol. The molecule has 3 rings (SSSR count). The summed E-state index contributed by atoms with van der Waals surface area (Å²) >= 11 is 1.74. The number of anilines is 1. The fourth-order valence-corrected chi connectivity index (χ4v) is 3.96. The molecule has 2 aromatic rings. The zero-order valence-electron chi connectivity index (χ0n) is 14.8. The number of thioether (sulfide) groups is 1. The van der Waals surface area contributed by atoms with Gasteiger partial charge in [0.15, 0.2) is 6.61 Å². The Hall–Kier alpha value is -2.47. The molecule has 0 saturated heterocycles. The molecule has 5 nitrogen and oxygen atoms in total. The maximum Gasteiger partial charge on any atom is 0.342 e. The number of fused-ring (bicyclic) bond motifs is 1. The van der Waals surface area contributed by atoms with Crippen LogP contribution in [-0.4, -0.2) is 35.4 Å². The molecule has 1 heterocycles. The van der Waals surface area contributed by atoms with Crippen molar-refractivity contribution in [3.05, 3.63) is 53.6 Å². The smallest absolute Gasteiger partial charge is 0.342 e. The summed E-state index contributed by atoms with van der Waals surface area (Å²) < 4.78 is 5.15. The van der Waals surface area contributed by atoms with E-state index in [1.54, 1.807) is 22.7 Å². The highest BCUT2D eigenvalue weighted by molar-refractivity contribution is 8.00. The van der Waals surface area contributed by atoms with E-state index in [4.69, 9.17) is 4.74 Å². The van der Waals surface area contributed by atoms with E-state index in [1.807, 2.05) is 31.2 Å². The fraction of sp³-hybridized carbons (Fsp3) is 0.300. The first-order valence-corrected chi connectivity index (χ1v) is 9.36. The molecular weight excluding hydrogens is 350 g/mol. The molecule has 136 valence electrons. The topological polar surface area (TPSA) is 66.8 Å². The van der Waals surface area contributed by atoms with Crippen molar-refractivity contribution in [3.8, 4) is 5.75 Å². The summed E-state index contributed by atoms with van der Waals surface area (Å²) in [5, 5.41) is 10.3. The number of benzene rings is 2. The average molecular weight is 371 g/mol. The SMILES string of the molecule is Cc1ccc(C(=O)OCC(=O)N2CC[C@@H](C)Sc3ccccc32)c(O)c1. The molecule has 1 aliphatic rings. The molecule has 0 unspecified atom stereocenters. The van der Waals surface area contributed by atoms with Gasteiger partial charge in [-0.2, -0.15) is 0 Å². The number of para-hydroxylation sites is 1. The molecule has 0 bridgehead atoms. The highest BCUT2D eigenvalue weighted by Gasteiger charge is 2.25. The van der Waals surface area contributed by atoms with E-state index >= 15 is 0 Å².